The maximum Gasteiger partial charge on any atom is 0.250 e. The summed E-state index contributed by atoms with van der Waals surface area (Å²) >= 11 is 0. The van der Waals surface area contributed by atoms with Crippen molar-refractivity contribution in [2.75, 3.05) is 19.0 Å². The number of nitrogens with zero attached hydrogens (tertiary/aromatic N) is 3. The molecule has 2 aliphatic rings. The average Bonchev–Trinajstić information content (AvgIpc) is 3.42. The summed E-state index contributed by atoms with van der Waals surface area (Å²) in [6.45, 7) is -0.339. The third kappa shape index (κ3) is 3.74. The minimum Gasteiger partial charge on any atom is -0.497 e. The first-order chi connectivity index (χ1) is 16.2. The summed E-state index contributed by atoms with van der Waals surface area (Å²) < 4.78 is 47.7. The van der Waals surface area contributed by atoms with Crippen molar-refractivity contribution in [1.29, 1.82) is 0 Å². The number of methoxy groups -OCH3 is 1. The number of nitrogens with one attached hydrogen (secondary N) is 2. The number of aromatic nitrogens is 3. The molecule has 3 aromatic rings. The van der Waals surface area contributed by atoms with Gasteiger partial charge in [0.25, 0.3) is 5.92 Å². The number of likely N-dealkylation sites (tertiary alicyclic amines) is 1. The van der Waals surface area contributed by atoms with Gasteiger partial charge in [-0.1, -0.05) is 12.1 Å². The molecule has 178 valence electrons. The van der Waals surface area contributed by atoms with Crippen molar-refractivity contribution in [3.8, 4) is 5.75 Å². The number of amides is 2. The van der Waals surface area contributed by atoms with Crippen LogP contribution < -0.4 is 10.1 Å². The van der Waals surface area contributed by atoms with Gasteiger partial charge in [0.1, 0.15) is 29.3 Å². The number of halogens is 3. The second-order valence-corrected chi connectivity index (χ2v) is 8.81. The van der Waals surface area contributed by atoms with Crippen LogP contribution in [-0.4, -0.2) is 63.7 Å². The molecule has 2 amide bonds. The lowest BCUT2D eigenvalue weighted by Crippen LogP contribution is -2.60. The standard InChI is InChI=1S/C23H22F3N5O3/c1-34-15-4-2-13(3-5-15)22(11-23(25,26)12-22)21(33)31-10-14(24)8-18(31)20(32)29-19-7-6-16-17(28-19)9-27-30-16/h2-7,9,14,18H,8,10-12H2,1H3,(H,27,30)(H,28,29,32)/t14-,18?/m1/s1. The van der Waals surface area contributed by atoms with Gasteiger partial charge in [0.05, 0.1) is 30.8 Å². The molecule has 0 radical (unpaired) electrons. The molecule has 1 saturated heterocycles. The number of anilines is 1. The van der Waals surface area contributed by atoms with Gasteiger partial charge < -0.3 is 15.0 Å². The van der Waals surface area contributed by atoms with Crippen LogP contribution in [0, 0.1) is 0 Å². The first-order valence-corrected chi connectivity index (χ1v) is 10.8. The minimum absolute atomic E-state index is 0.216. The topological polar surface area (TPSA) is 100 Å². The van der Waals surface area contributed by atoms with E-state index in [0.717, 1.165) is 4.90 Å². The van der Waals surface area contributed by atoms with E-state index >= 15 is 0 Å². The molecule has 11 heteroatoms. The Morgan fingerprint density at radius 3 is 2.59 bits per heavy atom. The van der Waals surface area contributed by atoms with E-state index in [1.165, 1.54) is 13.3 Å². The van der Waals surface area contributed by atoms with Gasteiger partial charge in [0.15, 0.2) is 0 Å². The van der Waals surface area contributed by atoms with Crippen molar-refractivity contribution in [2.24, 2.45) is 0 Å². The molecule has 2 fully saturated rings. The Morgan fingerprint density at radius 2 is 1.91 bits per heavy atom. The van der Waals surface area contributed by atoms with Gasteiger partial charge in [0, 0.05) is 19.3 Å². The number of ether oxygens (including phenoxy) is 1. The number of hydrogen-bond donors (Lipinski definition) is 2. The third-order valence-electron chi connectivity index (χ3n) is 6.53. The minimum atomic E-state index is -3.02. The predicted octanol–water partition coefficient (Wildman–Crippen LogP) is 3.21. The quantitative estimate of drug-likeness (QED) is 0.593. The lowest BCUT2D eigenvalue weighted by Gasteiger charge is -2.48. The molecule has 1 aliphatic carbocycles. The number of benzene rings is 1. The first-order valence-electron chi connectivity index (χ1n) is 10.8. The molecule has 0 spiro atoms. The molecule has 1 aromatic carbocycles. The van der Waals surface area contributed by atoms with E-state index in [-0.39, 0.29) is 18.8 Å². The Balaban J connectivity index is 1.41. The first kappa shape index (κ1) is 22.2. The lowest BCUT2D eigenvalue weighted by molar-refractivity contribution is -0.169. The van der Waals surface area contributed by atoms with Gasteiger partial charge in [0.2, 0.25) is 11.8 Å². The van der Waals surface area contributed by atoms with Crippen LogP contribution in [0.2, 0.25) is 0 Å². The van der Waals surface area contributed by atoms with Crippen molar-refractivity contribution in [1.82, 2.24) is 20.1 Å². The van der Waals surface area contributed by atoms with Gasteiger partial charge in [-0.2, -0.15) is 5.10 Å². The molecule has 1 unspecified atom stereocenters. The molecule has 1 saturated carbocycles. The molecule has 2 N–H and O–H groups in total. The fraction of sp³-hybridized carbons (Fsp3) is 0.391. The summed E-state index contributed by atoms with van der Waals surface area (Å²) in [6, 6.07) is 8.39. The summed E-state index contributed by atoms with van der Waals surface area (Å²) in [5.74, 6) is -3.59. The Morgan fingerprint density at radius 1 is 1.18 bits per heavy atom. The molecular formula is C23H22F3N5O3. The van der Waals surface area contributed by atoms with Gasteiger partial charge in [-0.15, -0.1) is 0 Å². The summed E-state index contributed by atoms with van der Waals surface area (Å²) in [6.07, 6.45) is -1.58. The molecule has 2 aromatic heterocycles. The maximum atomic E-state index is 14.4. The molecule has 2 atom stereocenters. The predicted molar refractivity (Wildman–Crippen MR) is 116 cm³/mol. The second kappa shape index (κ2) is 8.00. The Bertz CT molecular complexity index is 1240. The molecule has 3 heterocycles. The normalized spacial score (nSPS) is 22.9. The van der Waals surface area contributed by atoms with Crippen LogP contribution >= 0.6 is 0 Å². The van der Waals surface area contributed by atoms with E-state index in [1.807, 2.05) is 0 Å². The zero-order valence-corrected chi connectivity index (χ0v) is 18.2. The van der Waals surface area contributed by atoms with E-state index in [0.29, 0.717) is 22.3 Å². The van der Waals surface area contributed by atoms with Crippen molar-refractivity contribution in [3.63, 3.8) is 0 Å². The van der Waals surface area contributed by atoms with E-state index in [2.05, 4.69) is 20.5 Å². The zero-order chi connectivity index (χ0) is 24.1. The highest BCUT2D eigenvalue weighted by Crippen LogP contribution is 2.55. The van der Waals surface area contributed by atoms with Gasteiger partial charge in [-0.25, -0.2) is 18.2 Å². The number of rotatable bonds is 5. The molecular weight excluding hydrogens is 451 g/mol. The van der Waals surface area contributed by atoms with Gasteiger partial charge in [-0.3, -0.25) is 14.7 Å². The number of hydrogen-bond acceptors (Lipinski definition) is 5. The fourth-order valence-electron chi connectivity index (χ4n) is 4.86. The highest BCUT2D eigenvalue weighted by molar-refractivity contribution is 6.00. The molecule has 8 nitrogen and oxygen atoms in total. The Labute approximate surface area is 192 Å². The molecule has 34 heavy (non-hydrogen) atoms. The van der Waals surface area contributed by atoms with Crippen LogP contribution in [0.5, 0.6) is 5.75 Å². The van der Waals surface area contributed by atoms with Gasteiger partial charge in [-0.05, 0) is 29.8 Å². The number of pyridine rings is 1. The van der Waals surface area contributed by atoms with Crippen molar-refractivity contribution >= 4 is 28.7 Å². The maximum absolute atomic E-state index is 14.4. The molecule has 1 aliphatic heterocycles. The van der Waals surface area contributed by atoms with Crippen LogP contribution in [0.15, 0.2) is 42.6 Å². The number of alkyl halides is 3. The monoisotopic (exact) mass is 473 g/mol. The Kier molecular flexibility index (Phi) is 5.22. The highest BCUT2D eigenvalue weighted by atomic mass is 19.3. The number of fused-ring (bicyclic) bond motifs is 1. The third-order valence-corrected chi connectivity index (χ3v) is 6.53. The molecule has 5 rings (SSSR count). The van der Waals surface area contributed by atoms with Crippen LogP contribution in [0.25, 0.3) is 11.0 Å². The number of H-pyrrole nitrogens is 1. The van der Waals surface area contributed by atoms with Gasteiger partial charge >= 0.3 is 0 Å². The largest absolute Gasteiger partial charge is 0.497 e. The van der Waals surface area contributed by atoms with E-state index in [9.17, 15) is 22.8 Å². The summed E-state index contributed by atoms with van der Waals surface area (Å²) in [5.41, 5.74) is 0.0482. The number of carbonyl (C=O) groups is 2. The summed E-state index contributed by atoms with van der Waals surface area (Å²) in [7, 11) is 1.47. The summed E-state index contributed by atoms with van der Waals surface area (Å²) in [4.78, 5) is 32.0. The lowest BCUT2D eigenvalue weighted by atomic mass is 9.61. The van der Waals surface area contributed by atoms with E-state index in [1.54, 1.807) is 36.4 Å². The second-order valence-electron chi connectivity index (χ2n) is 8.81. The molecule has 0 bridgehead atoms. The zero-order valence-electron chi connectivity index (χ0n) is 18.2. The van der Waals surface area contributed by atoms with E-state index in [4.69, 9.17) is 4.74 Å². The number of carbonyl (C=O) groups excluding carboxylic acids is 2. The van der Waals surface area contributed by atoms with E-state index < -0.39 is 48.2 Å². The SMILES string of the molecule is COc1ccc(C2(C(=O)N3C[C@H](F)CC3C(=O)Nc3ccc4[nH]ncc4n3)CC(F)(F)C2)cc1. The number of aromatic amines is 1. The van der Waals surface area contributed by atoms with Crippen LogP contribution in [0.1, 0.15) is 24.8 Å². The fourth-order valence-corrected chi connectivity index (χ4v) is 4.86. The van der Waals surface area contributed by atoms with Crippen LogP contribution in [0.4, 0.5) is 19.0 Å². The van der Waals surface area contributed by atoms with Crippen LogP contribution in [-0.2, 0) is 15.0 Å². The summed E-state index contributed by atoms with van der Waals surface area (Å²) in [5, 5.41) is 9.22. The smallest absolute Gasteiger partial charge is 0.250 e. The van der Waals surface area contributed by atoms with Crippen molar-refractivity contribution < 1.29 is 27.5 Å². The highest BCUT2D eigenvalue weighted by Gasteiger charge is 2.63. The van der Waals surface area contributed by atoms with Crippen molar-refractivity contribution in [2.45, 2.75) is 42.8 Å². The van der Waals surface area contributed by atoms with Crippen LogP contribution in [0.3, 0.4) is 0 Å². The Hall–Kier alpha value is -3.63. The van der Waals surface area contributed by atoms with Crippen molar-refractivity contribution in [3.05, 3.63) is 48.2 Å². The average molecular weight is 473 g/mol.